The normalized spacial score (nSPS) is 25.5. The van der Waals surface area contributed by atoms with E-state index in [1.165, 1.54) is 11.1 Å². The quantitative estimate of drug-likeness (QED) is 0.778. The van der Waals surface area contributed by atoms with Crippen molar-refractivity contribution >= 4 is 5.69 Å². The summed E-state index contributed by atoms with van der Waals surface area (Å²) in [6.45, 7) is 4.21. The highest BCUT2D eigenvalue weighted by atomic mass is 16.3. The van der Waals surface area contributed by atoms with Crippen molar-refractivity contribution < 1.29 is 5.11 Å². The summed E-state index contributed by atoms with van der Waals surface area (Å²) in [5, 5.41) is 13.2. The van der Waals surface area contributed by atoms with Gasteiger partial charge in [-0.1, -0.05) is 17.7 Å². The van der Waals surface area contributed by atoms with Gasteiger partial charge in [-0.2, -0.15) is 0 Å². The van der Waals surface area contributed by atoms with Crippen molar-refractivity contribution in [2.45, 2.75) is 45.3 Å². The van der Waals surface area contributed by atoms with Gasteiger partial charge in [-0.05, 0) is 44.7 Å². The third-order valence-electron chi connectivity index (χ3n) is 3.20. The number of rotatable bonds is 2. The second-order valence-electron chi connectivity index (χ2n) is 4.57. The zero-order valence-corrected chi connectivity index (χ0v) is 9.46. The lowest BCUT2D eigenvalue weighted by Crippen LogP contribution is -2.28. The van der Waals surface area contributed by atoms with Gasteiger partial charge in [0, 0.05) is 5.69 Å². The summed E-state index contributed by atoms with van der Waals surface area (Å²) in [5.74, 6) is 0. The average molecular weight is 205 g/mol. The van der Waals surface area contributed by atoms with Crippen LogP contribution in [0.5, 0.6) is 0 Å². The molecule has 2 atom stereocenters. The maximum atomic E-state index is 9.73. The molecule has 0 spiro atoms. The van der Waals surface area contributed by atoms with E-state index in [1.54, 1.807) is 0 Å². The summed E-state index contributed by atoms with van der Waals surface area (Å²) in [4.78, 5) is 0. The van der Waals surface area contributed by atoms with Gasteiger partial charge in [-0.3, -0.25) is 0 Å². The molecule has 2 nitrogen and oxygen atoms in total. The molecule has 0 unspecified atom stereocenters. The highest BCUT2D eigenvalue weighted by molar-refractivity contribution is 5.52. The molecular formula is C13H19NO. The summed E-state index contributed by atoms with van der Waals surface area (Å²) in [7, 11) is 0. The Morgan fingerprint density at radius 3 is 2.67 bits per heavy atom. The topological polar surface area (TPSA) is 32.3 Å². The molecule has 0 heterocycles. The SMILES string of the molecule is Cc1ccc(N[C@H]2CCC[C@@H]2O)c(C)c1. The third kappa shape index (κ3) is 2.32. The number of hydrogen-bond donors (Lipinski definition) is 2. The minimum atomic E-state index is -0.175. The molecule has 0 aromatic heterocycles. The molecule has 2 N–H and O–H groups in total. The number of anilines is 1. The van der Waals surface area contributed by atoms with Gasteiger partial charge in [0.25, 0.3) is 0 Å². The van der Waals surface area contributed by atoms with Crippen LogP contribution in [0.25, 0.3) is 0 Å². The maximum absolute atomic E-state index is 9.73. The third-order valence-corrected chi connectivity index (χ3v) is 3.20. The van der Waals surface area contributed by atoms with E-state index >= 15 is 0 Å². The van der Waals surface area contributed by atoms with E-state index in [9.17, 15) is 5.11 Å². The molecule has 15 heavy (non-hydrogen) atoms. The number of nitrogens with one attached hydrogen (secondary N) is 1. The summed E-state index contributed by atoms with van der Waals surface area (Å²) >= 11 is 0. The maximum Gasteiger partial charge on any atom is 0.0741 e. The first-order chi connectivity index (χ1) is 7.16. The van der Waals surface area contributed by atoms with Crippen molar-refractivity contribution in [2.75, 3.05) is 5.32 Å². The standard InChI is InChI=1S/C13H19NO/c1-9-6-7-11(10(2)8-9)14-12-4-3-5-13(12)15/h6-8,12-15H,3-5H2,1-2H3/t12-,13-/m0/s1. The zero-order chi connectivity index (χ0) is 10.8. The lowest BCUT2D eigenvalue weighted by atomic mass is 10.1. The van der Waals surface area contributed by atoms with Crippen molar-refractivity contribution in [1.82, 2.24) is 0 Å². The Labute approximate surface area is 91.3 Å². The number of benzene rings is 1. The van der Waals surface area contributed by atoms with Crippen molar-refractivity contribution in [1.29, 1.82) is 0 Å². The fraction of sp³-hybridized carbons (Fsp3) is 0.538. The summed E-state index contributed by atoms with van der Waals surface area (Å²) in [6, 6.07) is 6.63. The van der Waals surface area contributed by atoms with E-state index < -0.39 is 0 Å². The van der Waals surface area contributed by atoms with Crippen LogP contribution in [0.3, 0.4) is 0 Å². The average Bonchev–Trinajstić information content (AvgIpc) is 2.57. The first kappa shape index (κ1) is 10.5. The molecule has 1 aromatic rings. The molecular weight excluding hydrogens is 186 g/mol. The smallest absolute Gasteiger partial charge is 0.0741 e. The van der Waals surface area contributed by atoms with Crippen LogP contribution >= 0.6 is 0 Å². The van der Waals surface area contributed by atoms with E-state index in [0.717, 1.165) is 24.9 Å². The van der Waals surface area contributed by atoms with Crippen molar-refractivity contribution in [3.63, 3.8) is 0 Å². The number of hydrogen-bond acceptors (Lipinski definition) is 2. The van der Waals surface area contributed by atoms with Crippen molar-refractivity contribution in [3.8, 4) is 0 Å². The first-order valence-corrected chi connectivity index (χ1v) is 5.68. The molecule has 0 aliphatic heterocycles. The van der Waals surface area contributed by atoms with Gasteiger partial charge in [-0.15, -0.1) is 0 Å². The largest absolute Gasteiger partial charge is 0.391 e. The van der Waals surface area contributed by atoms with Crippen LogP contribution in [0.4, 0.5) is 5.69 Å². The first-order valence-electron chi connectivity index (χ1n) is 5.68. The molecule has 1 aromatic carbocycles. The Bertz CT molecular complexity index is 348. The Morgan fingerprint density at radius 2 is 2.07 bits per heavy atom. The second-order valence-corrected chi connectivity index (χ2v) is 4.57. The molecule has 1 saturated carbocycles. The zero-order valence-electron chi connectivity index (χ0n) is 9.46. The van der Waals surface area contributed by atoms with Gasteiger partial charge in [-0.25, -0.2) is 0 Å². The fourth-order valence-corrected chi connectivity index (χ4v) is 2.28. The van der Waals surface area contributed by atoms with Crippen LogP contribution < -0.4 is 5.32 Å². The molecule has 0 saturated heterocycles. The molecule has 1 aliphatic rings. The van der Waals surface area contributed by atoms with Gasteiger partial charge in [0.15, 0.2) is 0 Å². The second kappa shape index (κ2) is 4.23. The molecule has 1 fully saturated rings. The Hall–Kier alpha value is -1.02. The Morgan fingerprint density at radius 1 is 1.27 bits per heavy atom. The minimum Gasteiger partial charge on any atom is -0.391 e. The van der Waals surface area contributed by atoms with Gasteiger partial charge in [0.05, 0.1) is 12.1 Å². The lowest BCUT2D eigenvalue weighted by Gasteiger charge is -2.19. The Balaban J connectivity index is 2.10. The Kier molecular flexibility index (Phi) is 2.96. The van der Waals surface area contributed by atoms with Crippen LogP contribution in [-0.2, 0) is 0 Å². The van der Waals surface area contributed by atoms with E-state index in [1.807, 2.05) is 0 Å². The highest BCUT2D eigenvalue weighted by Gasteiger charge is 2.24. The van der Waals surface area contributed by atoms with Gasteiger partial charge in [0.2, 0.25) is 0 Å². The van der Waals surface area contributed by atoms with Crippen LogP contribution in [0, 0.1) is 13.8 Å². The van der Waals surface area contributed by atoms with Crippen molar-refractivity contribution in [2.24, 2.45) is 0 Å². The molecule has 1 aliphatic carbocycles. The van der Waals surface area contributed by atoms with Crippen LogP contribution in [-0.4, -0.2) is 17.3 Å². The van der Waals surface area contributed by atoms with E-state index in [4.69, 9.17) is 0 Å². The summed E-state index contributed by atoms with van der Waals surface area (Å²) < 4.78 is 0. The lowest BCUT2D eigenvalue weighted by molar-refractivity contribution is 0.172. The molecule has 0 bridgehead atoms. The van der Waals surface area contributed by atoms with Crippen LogP contribution in [0.2, 0.25) is 0 Å². The highest BCUT2D eigenvalue weighted by Crippen LogP contribution is 2.25. The predicted molar refractivity (Wildman–Crippen MR) is 63.2 cm³/mol. The monoisotopic (exact) mass is 205 g/mol. The number of aryl methyl sites for hydroxylation is 2. The van der Waals surface area contributed by atoms with Crippen LogP contribution in [0.1, 0.15) is 30.4 Å². The number of aliphatic hydroxyl groups excluding tert-OH is 1. The summed E-state index contributed by atoms with van der Waals surface area (Å²) in [5.41, 5.74) is 3.70. The molecule has 82 valence electrons. The molecule has 0 radical (unpaired) electrons. The van der Waals surface area contributed by atoms with E-state index in [2.05, 4.69) is 37.4 Å². The van der Waals surface area contributed by atoms with Gasteiger partial charge < -0.3 is 10.4 Å². The molecule has 2 heteroatoms. The van der Waals surface area contributed by atoms with Crippen LogP contribution in [0.15, 0.2) is 18.2 Å². The van der Waals surface area contributed by atoms with E-state index in [0.29, 0.717) is 0 Å². The molecule has 2 rings (SSSR count). The van der Waals surface area contributed by atoms with Gasteiger partial charge >= 0.3 is 0 Å². The minimum absolute atomic E-state index is 0.175. The van der Waals surface area contributed by atoms with E-state index in [-0.39, 0.29) is 12.1 Å². The van der Waals surface area contributed by atoms with Crippen molar-refractivity contribution in [3.05, 3.63) is 29.3 Å². The van der Waals surface area contributed by atoms with Gasteiger partial charge in [0.1, 0.15) is 0 Å². The summed E-state index contributed by atoms with van der Waals surface area (Å²) in [6.07, 6.45) is 2.96. The number of aliphatic hydroxyl groups is 1. The molecule has 0 amide bonds. The fourth-order valence-electron chi connectivity index (χ4n) is 2.28. The predicted octanol–water partition coefficient (Wildman–Crippen LogP) is 2.63.